The maximum absolute atomic E-state index is 2.37. The lowest BCUT2D eigenvalue weighted by Crippen LogP contribution is -2.25. The van der Waals surface area contributed by atoms with E-state index in [1.54, 1.807) is 10.4 Å². The van der Waals surface area contributed by atoms with E-state index < -0.39 is 0 Å². The Balaban J connectivity index is 2.18. The van der Waals surface area contributed by atoms with Crippen molar-refractivity contribution in [2.45, 2.75) is 40.0 Å². The van der Waals surface area contributed by atoms with Crippen molar-refractivity contribution < 1.29 is 0 Å². The molecule has 13 heavy (non-hydrogen) atoms. The fraction of sp³-hybridized carbons (Fsp3) is 0.667. The van der Waals surface area contributed by atoms with E-state index in [-0.39, 0.29) is 0 Å². The Hall–Kier alpha value is -0.300. The van der Waals surface area contributed by atoms with Gasteiger partial charge in [-0.2, -0.15) is 0 Å². The molecule has 1 heterocycles. The first-order chi connectivity index (χ1) is 6.07. The molecule has 0 N–H and O–H groups in total. The molecular weight excluding hydrogens is 176 g/mol. The van der Waals surface area contributed by atoms with Gasteiger partial charge in [0.05, 0.1) is 0 Å². The van der Waals surface area contributed by atoms with Crippen LogP contribution in [0.25, 0.3) is 0 Å². The molecule has 1 heteroatoms. The molecule has 0 amide bonds. The molecule has 0 saturated heterocycles. The van der Waals surface area contributed by atoms with Gasteiger partial charge in [-0.3, -0.25) is 0 Å². The van der Waals surface area contributed by atoms with Crippen LogP contribution in [0.3, 0.4) is 0 Å². The summed E-state index contributed by atoms with van der Waals surface area (Å²) >= 11 is 1.95. The minimum Gasteiger partial charge on any atom is -0.149 e. The Morgan fingerprint density at radius 3 is 2.85 bits per heavy atom. The van der Waals surface area contributed by atoms with E-state index >= 15 is 0 Å². The van der Waals surface area contributed by atoms with Crippen molar-refractivity contribution in [2.24, 2.45) is 11.3 Å². The third-order valence-corrected chi connectivity index (χ3v) is 4.24. The molecule has 1 aliphatic carbocycles. The predicted octanol–water partition coefficient (Wildman–Crippen LogP) is 3.90. The van der Waals surface area contributed by atoms with Crippen molar-refractivity contribution in [1.29, 1.82) is 0 Å². The molecule has 0 saturated carbocycles. The molecule has 1 aliphatic rings. The SMILES string of the molecule is CC(C)(C)C1CCc2ccsc2C1. The Morgan fingerprint density at radius 1 is 1.38 bits per heavy atom. The van der Waals surface area contributed by atoms with E-state index in [0.717, 1.165) is 5.92 Å². The number of aryl methyl sites for hydroxylation is 1. The first-order valence-corrected chi connectivity index (χ1v) is 6.00. The van der Waals surface area contributed by atoms with Gasteiger partial charge >= 0.3 is 0 Å². The molecule has 0 aliphatic heterocycles. The quantitative estimate of drug-likeness (QED) is 0.587. The maximum atomic E-state index is 2.37. The van der Waals surface area contributed by atoms with Gasteiger partial charge in [-0.1, -0.05) is 20.8 Å². The lowest BCUT2D eigenvalue weighted by Gasteiger charge is -2.33. The van der Waals surface area contributed by atoms with Crippen molar-refractivity contribution in [2.75, 3.05) is 0 Å². The fourth-order valence-corrected chi connectivity index (χ4v) is 3.18. The smallest absolute Gasteiger partial charge is 0.00801 e. The van der Waals surface area contributed by atoms with Crippen molar-refractivity contribution in [3.63, 3.8) is 0 Å². The molecule has 1 atom stereocenters. The zero-order valence-corrected chi connectivity index (χ0v) is 9.58. The minimum atomic E-state index is 0.488. The number of rotatable bonds is 0. The van der Waals surface area contributed by atoms with Crippen LogP contribution in [0.15, 0.2) is 11.4 Å². The lowest BCUT2D eigenvalue weighted by molar-refractivity contribution is 0.218. The molecule has 0 fully saturated rings. The van der Waals surface area contributed by atoms with Gasteiger partial charge in [0.25, 0.3) is 0 Å². The molecule has 0 nitrogen and oxygen atoms in total. The average Bonchev–Trinajstić information content (AvgIpc) is 2.47. The Kier molecular flexibility index (Phi) is 2.23. The van der Waals surface area contributed by atoms with Gasteiger partial charge in [0.1, 0.15) is 0 Å². The van der Waals surface area contributed by atoms with Crippen LogP contribution in [0.5, 0.6) is 0 Å². The van der Waals surface area contributed by atoms with E-state index in [2.05, 4.69) is 32.2 Å². The standard InChI is InChI=1S/C12H18S/c1-12(2,3)10-5-4-9-6-7-13-11(9)8-10/h6-7,10H,4-5,8H2,1-3H3. The number of hydrogen-bond donors (Lipinski definition) is 0. The van der Waals surface area contributed by atoms with E-state index in [9.17, 15) is 0 Å². The van der Waals surface area contributed by atoms with Crippen LogP contribution in [0.2, 0.25) is 0 Å². The summed E-state index contributed by atoms with van der Waals surface area (Å²) in [6.45, 7) is 7.11. The van der Waals surface area contributed by atoms with Crippen molar-refractivity contribution >= 4 is 11.3 Å². The summed E-state index contributed by atoms with van der Waals surface area (Å²) in [4.78, 5) is 1.64. The summed E-state index contributed by atoms with van der Waals surface area (Å²) in [6, 6.07) is 2.30. The molecule has 2 rings (SSSR count). The van der Waals surface area contributed by atoms with E-state index in [1.165, 1.54) is 19.3 Å². The van der Waals surface area contributed by atoms with Gasteiger partial charge in [0.15, 0.2) is 0 Å². The maximum Gasteiger partial charge on any atom is 0.00801 e. The van der Waals surface area contributed by atoms with Crippen LogP contribution >= 0.6 is 11.3 Å². The van der Waals surface area contributed by atoms with Crippen LogP contribution in [0.4, 0.5) is 0 Å². The number of hydrogen-bond acceptors (Lipinski definition) is 1. The van der Waals surface area contributed by atoms with Gasteiger partial charge in [-0.25, -0.2) is 0 Å². The monoisotopic (exact) mass is 194 g/mol. The van der Waals surface area contributed by atoms with E-state index in [1.807, 2.05) is 11.3 Å². The van der Waals surface area contributed by atoms with Crippen LogP contribution in [-0.2, 0) is 12.8 Å². The Labute approximate surface area is 85.0 Å². The van der Waals surface area contributed by atoms with Gasteiger partial charge in [0.2, 0.25) is 0 Å². The second kappa shape index (κ2) is 3.13. The highest BCUT2D eigenvalue weighted by atomic mass is 32.1. The van der Waals surface area contributed by atoms with E-state index in [0.29, 0.717) is 5.41 Å². The van der Waals surface area contributed by atoms with Crippen LogP contribution in [-0.4, -0.2) is 0 Å². The normalized spacial score (nSPS) is 22.8. The highest BCUT2D eigenvalue weighted by Crippen LogP contribution is 2.38. The molecule has 1 aromatic rings. The molecule has 0 spiro atoms. The molecular formula is C12H18S. The molecule has 1 unspecified atom stereocenters. The number of fused-ring (bicyclic) bond motifs is 1. The fourth-order valence-electron chi connectivity index (χ4n) is 2.16. The van der Waals surface area contributed by atoms with Gasteiger partial charge in [0, 0.05) is 4.88 Å². The molecule has 0 radical (unpaired) electrons. The van der Waals surface area contributed by atoms with Crippen molar-refractivity contribution in [1.82, 2.24) is 0 Å². The molecule has 0 aromatic carbocycles. The van der Waals surface area contributed by atoms with Crippen molar-refractivity contribution in [3.8, 4) is 0 Å². The highest BCUT2D eigenvalue weighted by molar-refractivity contribution is 7.10. The largest absolute Gasteiger partial charge is 0.149 e. The van der Waals surface area contributed by atoms with Crippen molar-refractivity contribution in [3.05, 3.63) is 21.9 Å². The zero-order chi connectivity index (χ0) is 9.47. The molecule has 1 aromatic heterocycles. The Morgan fingerprint density at radius 2 is 2.15 bits per heavy atom. The third-order valence-electron chi connectivity index (χ3n) is 3.26. The summed E-state index contributed by atoms with van der Waals surface area (Å²) in [5.74, 6) is 0.888. The van der Waals surface area contributed by atoms with E-state index in [4.69, 9.17) is 0 Å². The second-order valence-electron chi connectivity index (χ2n) is 5.17. The van der Waals surface area contributed by atoms with Crippen LogP contribution in [0, 0.1) is 11.3 Å². The summed E-state index contributed by atoms with van der Waals surface area (Å²) < 4.78 is 0. The minimum absolute atomic E-state index is 0.488. The van der Waals surface area contributed by atoms with Crippen LogP contribution < -0.4 is 0 Å². The summed E-state index contributed by atoms with van der Waals surface area (Å²) in [5.41, 5.74) is 2.10. The van der Waals surface area contributed by atoms with Gasteiger partial charge in [-0.15, -0.1) is 11.3 Å². The van der Waals surface area contributed by atoms with Gasteiger partial charge in [-0.05, 0) is 47.6 Å². The number of thiophene rings is 1. The third kappa shape index (κ3) is 1.80. The molecule has 0 bridgehead atoms. The van der Waals surface area contributed by atoms with Crippen LogP contribution in [0.1, 0.15) is 37.6 Å². The Bertz CT molecular complexity index is 290. The summed E-state index contributed by atoms with van der Waals surface area (Å²) in [6.07, 6.45) is 4.00. The topological polar surface area (TPSA) is 0 Å². The average molecular weight is 194 g/mol. The lowest BCUT2D eigenvalue weighted by atomic mass is 9.73. The predicted molar refractivity (Wildman–Crippen MR) is 59.3 cm³/mol. The molecule has 72 valence electrons. The van der Waals surface area contributed by atoms with Gasteiger partial charge < -0.3 is 0 Å². The summed E-state index contributed by atoms with van der Waals surface area (Å²) in [5, 5.41) is 2.25. The first kappa shape index (κ1) is 9.26. The first-order valence-electron chi connectivity index (χ1n) is 5.12. The zero-order valence-electron chi connectivity index (χ0n) is 8.76. The summed E-state index contributed by atoms with van der Waals surface area (Å²) in [7, 11) is 0. The second-order valence-corrected chi connectivity index (χ2v) is 6.18. The highest BCUT2D eigenvalue weighted by Gasteiger charge is 2.28.